The first kappa shape index (κ1) is 39.6. The van der Waals surface area contributed by atoms with E-state index in [2.05, 4.69) is 60.9 Å². The second kappa shape index (κ2) is 18.5. The van der Waals surface area contributed by atoms with Crippen LogP contribution in [0.15, 0.2) is 54.9 Å². The lowest BCUT2D eigenvalue weighted by molar-refractivity contribution is -0.137. The Morgan fingerprint density at radius 1 is 0.930 bits per heavy atom. The van der Waals surface area contributed by atoms with Crippen LogP contribution in [0.4, 0.5) is 5.82 Å². The maximum absolute atomic E-state index is 13.1. The fourth-order valence-corrected chi connectivity index (χ4v) is 8.10. The lowest BCUT2D eigenvalue weighted by atomic mass is 10.00. The third-order valence-electron chi connectivity index (χ3n) is 11.3. The number of β-amino-alcohol motifs (C(OH)–C–C–N with tert-alkyl or cyclic N) is 1. The van der Waals surface area contributed by atoms with E-state index in [0.717, 1.165) is 62.7 Å². The van der Waals surface area contributed by atoms with E-state index >= 15 is 0 Å². The van der Waals surface area contributed by atoms with Gasteiger partial charge in [-0.1, -0.05) is 48.6 Å². The molecule has 2 atom stereocenters. The zero-order valence-corrected chi connectivity index (χ0v) is 32.2. The summed E-state index contributed by atoms with van der Waals surface area (Å²) in [6, 6.07) is 14.9. The highest BCUT2D eigenvalue weighted by atomic mass is 16.3. The molecule has 0 bridgehead atoms. The SMILES string of the molecule is O=C1CCC(N2Cc3c(C#CCCCCCC(=O)N4CCC(Nc5cc(C(=O)NC[C@H](O)CN6CCc7ccccc7C6)ncn5)CC4)cccc3C2=O)C(=O)N1. The summed E-state index contributed by atoms with van der Waals surface area (Å²) < 4.78 is 0. The number of nitrogens with zero attached hydrogens (tertiary/aromatic N) is 5. The van der Waals surface area contributed by atoms with Crippen molar-refractivity contribution in [2.75, 3.05) is 38.0 Å². The van der Waals surface area contributed by atoms with Crippen LogP contribution in [0.2, 0.25) is 0 Å². The first-order valence-corrected chi connectivity index (χ1v) is 20.1. The number of hydrogen-bond acceptors (Lipinski definition) is 10. The summed E-state index contributed by atoms with van der Waals surface area (Å²) in [4.78, 5) is 77.0. The summed E-state index contributed by atoms with van der Waals surface area (Å²) in [5.74, 6) is 5.81. The van der Waals surface area contributed by atoms with Crippen molar-refractivity contribution in [2.24, 2.45) is 0 Å². The van der Waals surface area contributed by atoms with E-state index in [4.69, 9.17) is 0 Å². The molecule has 0 aliphatic carbocycles. The molecule has 4 aliphatic heterocycles. The molecule has 7 rings (SSSR count). The number of hydrogen-bond donors (Lipinski definition) is 4. The van der Waals surface area contributed by atoms with Crippen LogP contribution >= 0.6 is 0 Å². The number of aliphatic hydroxyl groups is 1. The number of piperidine rings is 2. The average molecular weight is 775 g/mol. The minimum Gasteiger partial charge on any atom is -0.390 e. The first-order chi connectivity index (χ1) is 27.7. The second-order valence-corrected chi connectivity index (χ2v) is 15.3. The summed E-state index contributed by atoms with van der Waals surface area (Å²) in [5, 5.41) is 19.2. The Morgan fingerprint density at radius 3 is 2.58 bits per heavy atom. The molecule has 2 saturated heterocycles. The number of amides is 5. The van der Waals surface area contributed by atoms with Gasteiger partial charge in [-0.15, -0.1) is 0 Å². The molecule has 0 spiro atoms. The summed E-state index contributed by atoms with van der Waals surface area (Å²) in [7, 11) is 0. The number of imide groups is 1. The highest BCUT2D eigenvalue weighted by Crippen LogP contribution is 2.29. The smallest absolute Gasteiger partial charge is 0.270 e. The molecular formula is C43H50N8O6. The molecule has 5 amide bonds. The van der Waals surface area contributed by atoms with Crippen LogP contribution in [0, 0.1) is 11.8 Å². The van der Waals surface area contributed by atoms with Gasteiger partial charge >= 0.3 is 0 Å². The van der Waals surface area contributed by atoms with Gasteiger partial charge in [-0.3, -0.25) is 34.2 Å². The van der Waals surface area contributed by atoms with Gasteiger partial charge in [0.2, 0.25) is 17.7 Å². The molecule has 5 heterocycles. The number of fused-ring (bicyclic) bond motifs is 2. The van der Waals surface area contributed by atoms with Crippen LogP contribution in [0.1, 0.15) is 101 Å². The highest BCUT2D eigenvalue weighted by Gasteiger charge is 2.39. The lowest BCUT2D eigenvalue weighted by Gasteiger charge is -2.32. The largest absolute Gasteiger partial charge is 0.390 e. The summed E-state index contributed by atoms with van der Waals surface area (Å²) in [5.41, 5.74) is 5.00. The predicted octanol–water partition coefficient (Wildman–Crippen LogP) is 2.79. The Balaban J connectivity index is 0.774. The maximum Gasteiger partial charge on any atom is 0.270 e. The summed E-state index contributed by atoms with van der Waals surface area (Å²) in [6.07, 6.45) is 7.34. The minimum absolute atomic E-state index is 0.111. The maximum atomic E-state index is 13.1. The number of nitrogens with one attached hydrogen (secondary N) is 3. The topological polar surface area (TPSA) is 177 Å². The van der Waals surface area contributed by atoms with Gasteiger partial charge in [-0.05, 0) is 67.3 Å². The van der Waals surface area contributed by atoms with E-state index in [-0.39, 0.29) is 48.3 Å². The molecule has 0 radical (unpaired) electrons. The van der Waals surface area contributed by atoms with Crippen molar-refractivity contribution in [3.8, 4) is 11.8 Å². The quantitative estimate of drug-likeness (QED) is 0.115. The van der Waals surface area contributed by atoms with Crippen molar-refractivity contribution in [2.45, 2.75) is 95.5 Å². The number of rotatable bonds is 13. The second-order valence-electron chi connectivity index (χ2n) is 15.3. The van der Waals surface area contributed by atoms with Gasteiger partial charge in [0.15, 0.2) is 0 Å². The van der Waals surface area contributed by atoms with Gasteiger partial charge in [0.25, 0.3) is 11.8 Å². The molecule has 1 unspecified atom stereocenters. The highest BCUT2D eigenvalue weighted by molar-refractivity contribution is 6.05. The van der Waals surface area contributed by atoms with Gasteiger partial charge in [-0.25, -0.2) is 9.97 Å². The van der Waals surface area contributed by atoms with Gasteiger partial charge in [0, 0.05) is 88.3 Å². The van der Waals surface area contributed by atoms with Crippen LogP contribution in [-0.4, -0.2) is 110 Å². The van der Waals surface area contributed by atoms with Gasteiger partial charge in [0.05, 0.1) is 6.10 Å². The molecule has 3 aromatic rings. The molecule has 2 fully saturated rings. The Labute approximate surface area is 332 Å². The zero-order chi connectivity index (χ0) is 39.7. The van der Waals surface area contributed by atoms with Crippen LogP contribution < -0.4 is 16.0 Å². The van der Waals surface area contributed by atoms with Crippen LogP contribution in [0.5, 0.6) is 0 Å². The third-order valence-corrected chi connectivity index (χ3v) is 11.3. The number of benzene rings is 2. The van der Waals surface area contributed by atoms with Crippen LogP contribution in [0.3, 0.4) is 0 Å². The normalized spacial score (nSPS) is 18.9. The average Bonchev–Trinajstić information content (AvgIpc) is 3.55. The van der Waals surface area contributed by atoms with Crippen LogP contribution in [0.25, 0.3) is 0 Å². The first-order valence-electron chi connectivity index (χ1n) is 20.1. The van der Waals surface area contributed by atoms with E-state index in [1.807, 2.05) is 17.0 Å². The fraction of sp³-hybridized carbons (Fsp3) is 0.465. The number of aliphatic hydroxyl groups excluding tert-OH is 1. The standard InChI is InChI=1S/C43H50N8O6/c52-33(26-49-20-17-29-9-6-7-11-31(29)25-49)24-44-41(55)36-23-38(46-28-45-36)47-32-18-21-50(22-19-32)40(54)14-5-3-1-2-4-10-30-12-8-13-34-35(30)27-51(43(34)57)37-15-16-39(53)48-42(37)56/h6-9,11-13,23,28,32-33,37,52H,1-3,5,14-22,24-27H2,(H,44,55)(H,45,46,47)(H,48,53,56)/t33-,37?/m0/s1. The number of anilines is 1. The lowest BCUT2D eigenvalue weighted by Crippen LogP contribution is -2.52. The van der Waals surface area contributed by atoms with Gasteiger partial charge < -0.3 is 25.5 Å². The van der Waals surface area contributed by atoms with Crippen molar-refractivity contribution in [3.05, 3.63) is 88.4 Å². The monoisotopic (exact) mass is 774 g/mol. The number of aromatic nitrogens is 2. The molecular weight excluding hydrogens is 725 g/mol. The van der Waals surface area contributed by atoms with Crippen molar-refractivity contribution in [1.82, 2.24) is 35.3 Å². The Bertz CT molecular complexity index is 2050. The molecule has 14 nitrogen and oxygen atoms in total. The number of likely N-dealkylation sites (tertiary alicyclic amines) is 1. The molecule has 4 N–H and O–H groups in total. The number of unbranched alkanes of at least 4 members (excludes halogenated alkanes) is 3. The van der Waals surface area contributed by atoms with Gasteiger partial charge in [-0.2, -0.15) is 0 Å². The fourth-order valence-electron chi connectivity index (χ4n) is 8.10. The zero-order valence-electron chi connectivity index (χ0n) is 32.2. The van der Waals surface area contributed by atoms with Crippen molar-refractivity contribution < 1.29 is 29.1 Å². The van der Waals surface area contributed by atoms with Crippen LogP contribution in [-0.2, 0) is 33.9 Å². The van der Waals surface area contributed by atoms with Gasteiger partial charge in [0.1, 0.15) is 23.9 Å². The summed E-state index contributed by atoms with van der Waals surface area (Å²) in [6.45, 7) is 3.84. The van der Waals surface area contributed by atoms with Crippen molar-refractivity contribution >= 4 is 35.4 Å². The molecule has 298 valence electrons. The molecule has 57 heavy (non-hydrogen) atoms. The molecule has 4 aliphatic rings. The van der Waals surface area contributed by atoms with Crippen molar-refractivity contribution in [3.63, 3.8) is 0 Å². The molecule has 1 aromatic heterocycles. The van der Waals surface area contributed by atoms with E-state index in [0.29, 0.717) is 56.8 Å². The third kappa shape index (κ3) is 10.0. The molecule has 14 heteroatoms. The Hall–Kier alpha value is -5.65. The van der Waals surface area contributed by atoms with E-state index in [1.165, 1.54) is 22.4 Å². The summed E-state index contributed by atoms with van der Waals surface area (Å²) >= 11 is 0. The van der Waals surface area contributed by atoms with E-state index in [9.17, 15) is 29.1 Å². The number of carbonyl (C=O) groups excluding carboxylic acids is 5. The Kier molecular flexibility index (Phi) is 12.9. The van der Waals surface area contributed by atoms with E-state index < -0.39 is 18.1 Å². The minimum atomic E-state index is -0.703. The van der Waals surface area contributed by atoms with Crippen molar-refractivity contribution in [1.29, 1.82) is 0 Å². The van der Waals surface area contributed by atoms with E-state index in [1.54, 1.807) is 18.2 Å². The predicted molar refractivity (Wildman–Crippen MR) is 211 cm³/mol. The molecule has 2 aromatic carbocycles. The Morgan fingerprint density at radius 2 is 1.75 bits per heavy atom. The molecule has 0 saturated carbocycles. The number of carbonyl (C=O) groups is 5.